The van der Waals surface area contributed by atoms with Gasteiger partial charge in [-0.1, -0.05) is 23.7 Å². The molecule has 0 aliphatic carbocycles. The number of hydrogen-bond acceptors (Lipinski definition) is 5. The van der Waals surface area contributed by atoms with Crippen LogP contribution in [-0.2, 0) is 14.3 Å². The van der Waals surface area contributed by atoms with E-state index in [2.05, 4.69) is 15.5 Å². The zero-order valence-electron chi connectivity index (χ0n) is 17.3. The van der Waals surface area contributed by atoms with Gasteiger partial charge in [0.15, 0.2) is 0 Å². The highest BCUT2D eigenvalue weighted by Crippen LogP contribution is 2.38. The van der Waals surface area contributed by atoms with E-state index in [-0.39, 0.29) is 11.5 Å². The van der Waals surface area contributed by atoms with Gasteiger partial charge in [-0.05, 0) is 44.5 Å². The van der Waals surface area contributed by atoms with Crippen molar-refractivity contribution in [2.45, 2.75) is 26.2 Å². The molecule has 8 heteroatoms. The monoisotopic (exact) mass is 433 g/mol. The number of nitrogens with one attached hydrogen (secondary N) is 2. The first-order valence-electron chi connectivity index (χ1n) is 10.1. The Morgan fingerprint density at radius 2 is 1.93 bits per heavy atom. The van der Waals surface area contributed by atoms with Gasteiger partial charge in [0.05, 0.1) is 24.7 Å². The molecule has 0 radical (unpaired) electrons. The van der Waals surface area contributed by atoms with Gasteiger partial charge in [-0.15, -0.1) is 0 Å². The maximum atomic E-state index is 13.1. The molecule has 30 heavy (non-hydrogen) atoms. The molecule has 1 aromatic rings. The van der Waals surface area contributed by atoms with E-state index in [1.807, 2.05) is 0 Å². The number of carbonyl (C=O) groups excluding carboxylic acids is 1. The van der Waals surface area contributed by atoms with Crippen molar-refractivity contribution < 1.29 is 19.4 Å². The predicted molar refractivity (Wildman–Crippen MR) is 115 cm³/mol. The predicted octanol–water partition coefficient (Wildman–Crippen LogP) is 2.50. The summed E-state index contributed by atoms with van der Waals surface area (Å²) >= 11 is 6.16. The van der Waals surface area contributed by atoms with Crippen LogP contribution < -0.4 is 10.6 Å². The number of allylic oxidation sites excluding steroid dienone is 2. The lowest BCUT2D eigenvalue weighted by Crippen LogP contribution is -2.39. The lowest BCUT2D eigenvalue weighted by molar-refractivity contribution is -0.133. The minimum absolute atomic E-state index is 0.154. The first kappa shape index (κ1) is 22.3. The Kier molecular flexibility index (Phi) is 7.53. The number of ether oxygens (including phenoxy) is 1. The van der Waals surface area contributed by atoms with E-state index < -0.39 is 11.9 Å². The van der Waals surface area contributed by atoms with Gasteiger partial charge in [-0.2, -0.15) is 0 Å². The highest BCUT2D eigenvalue weighted by atomic mass is 35.5. The number of nitrogens with zero attached hydrogens (tertiary/aromatic N) is 1. The quantitative estimate of drug-likeness (QED) is 0.572. The molecular weight excluding hydrogens is 406 g/mol. The van der Waals surface area contributed by atoms with Crippen molar-refractivity contribution in [1.82, 2.24) is 15.5 Å². The van der Waals surface area contributed by atoms with Crippen LogP contribution in [0.4, 0.5) is 0 Å². The maximum Gasteiger partial charge on any atom is 0.334 e. The molecule has 1 saturated heterocycles. The molecule has 0 bridgehead atoms. The number of halogens is 1. The molecule has 3 N–H and O–H groups in total. The maximum absolute atomic E-state index is 13.1. The first-order valence-corrected chi connectivity index (χ1v) is 10.5. The van der Waals surface area contributed by atoms with Crippen molar-refractivity contribution >= 4 is 23.5 Å². The molecule has 1 amide bonds. The molecule has 1 aromatic carbocycles. The molecular formula is C22H28ClN3O4. The van der Waals surface area contributed by atoms with Crippen molar-refractivity contribution in [2.75, 3.05) is 39.4 Å². The number of carbonyl (C=O) groups is 2. The van der Waals surface area contributed by atoms with Gasteiger partial charge in [0.2, 0.25) is 5.91 Å². The Morgan fingerprint density at radius 3 is 2.60 bits per heavy atom. The van der Waals surface area contributed by atoms with Crippen molar-refractivity contribution in [2.24, 2.45) is 0 Å². The minimum atomic E-state index is -1.06. The fraction of sp³-hybridized carbons (Fsp3) is 0.455. The van der Waals surface area contributed by atoms with Crippen LogP contribution in [0.25, 0.3) is 0 Å². The van der Waals surface area contributed by atoms with E-state index in [0.29, 0.717) is 34.1 Å². The molecule has 162 valence electrons. The van der Waals surface area contributed by atoms with Gasteiger partial charge in [-0.3, -0.25) is 9.69 Å². The lowest BCUT2D eigenvalue weighted by atomic mass is 9.80. The molecule has 7 nitrogen and oxygen atoms in total. The van der Waals surface area contributed by atoms with E-state index in [1.54, 1.807) is 38.1 Å². The number of hydrogen-bond donors (Lipinski definition) is 3. The van der Waals surface area contributed by atoms with Gasteiger partial charge < -0.3 is 20.5 Å². The van der Waals surface area contributed by atoms with Crippen LogP contribution in [0.15, 0.2) is 46.8 Å². The van der Waals surface area contributed by atoms with E-state index in [0.717, 1.165) is 39.3 Å². The average molecular weight is 434 g/mol. The van der Waals surface area contributed by atoms with Crippen molar-refractivity contribution in [1.29, 1.82) is 0 Å². The summed E-state index contributed by atoms with van der Waals surface area (Å²) in [6, 6.07) is 7.01. The third-order valence-electron chi connectivity index (χ3n) is 5.46. The summed E-state index contributed by atoms with van der Waals surface area (Å²) in [4.78, 5) is 27.5. The second-order valence-electron chi connectivity index (χ2n) is 7.56. The molecule has 2 aliphatic rings. The van der Waals surface area contributed by atoms with Gasteiger partial charge in [-0.25, -0.2) is 4.79 Å². The van der Waals surface area contributed by atoms with Crippen LogP contribution in [0.3, 0.4) is 0 Å². The third-order valence-corrected chi connectivity index (χ3v) is 5.69. The van der Waals surface area contributed by atoms with E-state index in [9.17, 15) is 14.7 Å². The number of rotatable bonds is 7. The van der Waals surface area contributed by atoms with Crippen molar-refractivity contribution in [3.8, 4) is 0 Å². The van der Waals surface area contributed by atoms with E-state index in [4.69, 9.17) is 16.3 Å². The highest BCUT2D eigenvalue weighted by Gasteiger charge is 2.36. The minimum Gasteiger partial charge on any atom is -0.478 e. The van der Waals surface area contributed by atoms with Gasteiger partial charge in [0.1, 0.15) is 0 Å². The molecule has 0 spiro atoms. The fourth-order valence-corrected chi connectivity index (χ4v) is 4.22. The Balaban J connectivity index is 1.76. The van der Waals surface area contributed by atoms with Gasteiger partial charge in [0.25, 0.3) is 0 Å². The van der Waals surface area contributed by atoms with Crippen molar-refractivity contribution in [3.05, 3.63) is 57.4 Å². The Morgan fingerprint density at radius 1 is 1.23 bits per heavy atom. The molecule has 2 aliphatic heterocycles. The number of carboxylic acid groups (broad SMARTS) is 1. The molecule has 1 atom stereocenters. The summed E-state index contributed by atoms with van der Waals surface area (Å²) < 4.78 is 5.35. The number of dihydropyridines is 1. The molecule has 0 aromatic heterocycles. The van der Waals surface area contributed by atoms with Crippen LogP contribution in [-0.4, -0.2) is 61.3 Å². The normalized spacial score (nSPS) is 20.2. The highest BCUT2D eigenvalue weighted by molar-refractivity contribution is 6.30. The fourth-order valence-electron chi connectivity index (χ4n) is 4.02. The van der Waals surface area contributed by atoms with E-state index in [1.165, 1.54) is 0 Å². The Labute approximate surface area is 181 Å². The lowest BCUT2D eigenvalue weighted by Gasteiger charge is -2.30. The zero-order chi connectivity index (χ0) is 21.7. The molecule has 1 fully saturated rings. The van der Waals surface area contributed by atoms with Crippen LogP contribution in [0.1, 0.15) is 31.7 Å². The van der Waals surface area contributed by atoms with Crippen LogP contribution in [0.2, 0.25) is 5.02 Å². The summed E-state index contributed by atoms with van der Waals surface area (Å²) in [6.45, 7) is 8.21. The number of benzene rings is 1. The summed E-state index contributed by atoms with van der Waals surface area (Å²) in [7, 11) is 0. The second-order valence-corrected chi connectivity index (χ2v) is 8.00. The average Bonchev–Trinajstić information content (AvgIpc) is 2.71. The first-order chi connectivity index (χ1) is 14.4. The molecule has 1 unspecified atom stereocenters. The number of amides is 1. The van der Waals surface area contributed by atoms with Crippen LogP contribution in [0.5, 0.6) is 0 Å². The largest absolute Gasteiger partial charge is 0.478 e. The summed E-state index contributed by atoms with van der Waals surface area (Å²) in [5.74, 6) is -2.02. The number of morpholine rings is 1. The summed E-state index contributed by atoms with van der Waals surface area (Å²) in [6.07, 6.45) is 0.813. The smallest absolute Gasteiger partial charge is 0.334 e. The Bertz CT molecular complexity index is 875. The van der Waals surface area contributed by atoms with Crippen LogP contribution in [0, 0.1) is 0 Å². The number of carboxylic acids is 1. The standard InChI is InChI=1S/C22H28ClN3O4/c1-14-18(21(27)24-7-4-8-26-9-11-30-12-10-26)20(16-5-3-6-17(23)13-16)19(22(28)29)15(2)25-14/h3,5-6,13,20,25H,4,7-12H2,1-2H3,(H,24,27)(H,28,29). The van der Waals surface area contributed by atoms with Crippen LogP contribution >= 0.6 is 11.6 Å². The molecule has 2 heterocycles. The summed E-state index contributed by atoms with van der Waals surface area (Å²) in [5.41, 5.74) is 2.41. The van der Waals surface area contributed by atoms with Crippen molar-refractivity contribution in [3.63, 3.8) is 0 Å². The molecule has 0 saturated carbocycles. The zero-order valence-corrected chi connectivity index (χ0v) is 18.1. The van der Waals surface area contributed by atoms with Gasteiger partial charge in [0, 0.05) is 41.6 Å². The Hall–Kier alpha value is -2.35. The molecule has 3 rings (SSSR count). The summed E-state index contributed by atoms with van der Waals surface area (Å²) in [5, 5.41) is 16.4. The topological polar surface area (TPSA) is 90.9 Å². The SMILES string of the molecule is CC1=C(C(=O)O)C(c2cccc(Cl)c2)C(C(=O)NCCCN2CCOCC2)=C(C)N1. The second kappa shape index (κ2) is 10.1. The van der Waals surface area contributed by atoms with Gasteiger partial charge >= 0.3 is 5.97 Å². The third kappa shape index (κ3) is 5.22. The number of aliphatic carboxylic acids is 1. The van der Waals surface area contributed by atoms with E-state index >= 15 is 0 Å².